The molecule has 0 bridgehead atoms. The minimum absolute atomic E-state index is 0.201. The summed E-state index contributed by atoms with van der Waals surface area (Å²) < 4.78 is 7.03. The van der Waals surface area contributed by atoms with Crippen LogP contribution in [0, 0.1) is 0 Å². The number of aliphatic hydroxyl groups is 3. The molecule has 0 spiro atoms. The van der Waals surface area contributed by atoms with Gasteiger partial charge in [-0.3, -0.25) is 4.40 Å². The van der Waals surface area contributed by atoms with E-state index in [2.05, 4.69) is 4.98 Å². The number of fused-ring (bicyclic) bond motifs is 1. The summed E-state index contributed by atoms with van der Waals surface area (Å²) in [5.41, 5.74) is 0.753. The summed E-state index contributed by atoms with van der Waals surface area (Å²) in [4.78, 5) is 4.05. The van der Waals surface area contributed by atoms with Crippen LogP contribution in [-0.4, -0.2) is 49.6 Å². The second-order valence-electron chi connectivity index (χ2n) is 4.75. The van der Waals surface area contributed by atoms with Crippen LogP contribution in [0.3, 0.4) is 0 Å². The van der Waals surface area contributed by atoms with E-state index in [1.54, 1.807) is 0 Å². The van der Waals surface area contributed by atoms with Gasteiger partial charge in [0.15, 0.2) is 5.65 Å². The van der Waals surface area contributed by atoms with E-state index in [-0.39, 0.29) is 15.2 Å². The molecular weight excluding hydrogens is 343 g/mol. The zero-order valence-corrected chi connectivity index (χ0v) is 12.7. The number of imidazole rings is 1. The Labute approximate surface area is 134 Å². The summed E-state index contributed by atoms with van der Waals surface area (Å²) in [6.07, 6.45) is -2.69. The van der Waals surface area contributed by atoms with Crippen molar-refractivity contribution in [3.8, 4) is 0 Å². The Morgan fingerprint density at radius 1 is 1.24 bits per heavy atom. The SMILES string of the molecule is OC[C@H]1OC(c2cc(Cl)c(Cl)c3nc(Cl)cn23)[C@H](O)[C@@H]1O. The first kappa shape index (κ1) is 15.3. The summed E-state index contributed by atoms with van der Waals surface area (Å²) >= 11 is 18.0. The Balaban J connectivity index is 2.15. The molecule has 21 heavy (non-hydrogen) atoms. The molecule has 114 valence electrons. The molecule has 0 aromatic carbocycles. The van der Waals surface area contributed by atoms with Gasteiger partial charge >= 0.3 is 0 Å². The van der Waals surface area contributed by atoms with Crippen molar-refractivity contribution in [3.63, 3.8) is 0 Å². The highest BCUT2D eigenvalue weighted by atomic mass is 35.5. The molecule has 0 amide bonds. The molecule has 2 aromatic heterocycles. The zero-order chi connectivity index (χ0) is 15.3. The van der Waals surface area contributed by atoms with Crippen molar-refractivity contribution in [2.24, 2.45) is 0 Å². The maximum Gasteiger partial charge on any atom is 0.159 e. The Kier molecular flexibility index (Phi) is 4.04. The van der Waals surface area contributed by atoms with Gasteiger partial charge < -0.3 is 20.1 Å². The number of pyridine rings is 1. The van der Waals surface area contributed by atoms with E-state index in [1.165, 1.54) is 16.7 Å². The molecule has 2 aromatic rings. The molecule has 3 rings (SSSR count). The molecule has 6 nitrogen and oxygen atoms in total. The first-order valence-corrected chi connectivity index (χ1v) is 7.22. The van der Waals surface area contributed by atoms with Crippen LogP contribution in [-0.2, 0) is 4.74 Å². The molecule has 9 heteroatoms. The molecule has 0 aliphatic carbocycles. The van der Waals surface area contributed by atoms with Gasteiger partial charge in [-0.1, -0.05) is 34.8 Å². The minimum Gasteiger partial charge on any atom is -0.394 e. The van der Waals surface area contributed by atoms with Gasteiger partial charge in [-0.15, -0.1) is 0 Å². The van der Waals surface area contributed by atoms with Crippen LogP contribution in [0.25, 0.3) is 5.65 Å². The lowest BCUT2D eigenvalue weighted by Crippen LogP contribution is -2.32. The van der Waals surface area contributed by atoms with Gasteiger partial charge in [0.05, 0.1) is 17.3 Å². The van der Waals surface area contributed by atoms with Crippen LogP contribution in [0.1, 0.15) is 11.8 Å². The Bertz CT molecular complexity index is 693. The van der Waals surface area contributed by atoms with Gasteiger partial charge in [-0.2, -0.15) is 0 Å². The average molecular weight is 354 g/mol. The van der Waals surface area contributed by atoms with E-state index >= 15 is 0 Å². The third-order valence-corrected chi connectivity index (χ3v) is 4.42. The van der Waals surface area contributed by atoms with Crippen LogP contribution in [0.5, 0.6) is 0 Å². The molecule has 0 radical (unpaired) electrons. The molecule has 3 heterocycles. The molecule has 0 saturated carbocycles. The van der Waals surface area contributed by atoms with Gasteiger partial charge in [0.1, 0.15) is 34.6 Å². The zero-order valence-electron chi connectivity index (χ0n) is 10.4. The van der Waals surface area contributed by atoms with E-state index in [1.807, 2.05) is 0 Å². The van der Waals surface area contributed by atoms with Gasteiger partial charge in [0.2, 0.25) is 0 Å². The maximum absolute atomic E-state index is 10.1. The Morgan fingerprint density at radius 3 is 2.57 bits per heavy atom. The van der Waals surface area contributed by atoms with Gasteiger partial charge in [0, 0.05) is 6.20 Å². The van der Waals surface area contributed by atoms with E-state index < -0.39 is 31.0 Å². The number of hydrogen-bond donors (Lipinski definition) is 3. The lowest BCUT2D eigenvalue weighted by Gasteiger charge is -2.17. The number of ether oxygens (including phenoxy) is 1. The minimum atomic E-state index is -1.22. The van der Waals surface area contributed by atoms with Crippen molar-refractivity contribution in [1.29, 1.82) is 0 Å². The third kappa shape index (κ3) is 2.41. The summed E-state index contributed by atoms with van der Waals surface area (Å²) in [6, 6.07) is 1.51. The fourth-order valence-corrected chi connectivity index (χ4v) is 3.00. The highest BCUT2D eigenvalue weighted by Crippen LogP contribution is 2.38. The lowest BCUT2D eigenvalue weighted by atomic mass is 10.1. The molecule has 1 unspecified atom stereocenters. The van der Waals surface area contributed by atoms with Crippen LogP contribution in [0.15, 0.2) is 12.3 Å². The van der Waals surface area contributed by atoms with Crippen LogP contribution < -0.4 is 0 Å². The van der Waals surface area contributed by atoms with Crippen molar-refractivity contribution in [2.75, 3.05) is 6.61 Å². The topological polar surface area (TPSA) is 87.2 Å². The van der Waals surface area contributed by atoms with E-state index in [0.29, 0.717) is 11.3 Å². The standard InChI is InChI=1S/C12H11Cl3N2O4/c13-4-1-5(11-10(20)9(19)6(3-18)21-11)17-2-7(14)16-12(17)8(4)15/h1-2,6,9-11,18-20H,3H2/t6-,9-,10-,11?/m1/s1. The highest BCUT2D eigenvalue weighted by Gasteiger charge is 2.44. The quantitative estimate of drug-likeness (QED) is 0.761. The normalized spacial score (nSPS) is 29.4. The van der Waals surface area contributed by atoms with Crippen LogP contribution in [0.2, 0.25) is 15.2 Å². The molecule has 4 atom stereocenters. The largest absolute Gasteiger partial charge is 0.394 e. The molecule has 1 aliphatic rings. The van der Waals surface area contributed by atoms with Crippen molar-refractivity contribution in [2.45, 2.75) is 24.4 Å². The van der Waals surface area contributed by atoms with E-state index in [0.717, 1.165) is 0 Å². The lowest BCUT2D eigenvalue weighted by molar-refractivity contribution is -0.0242. The number of halogens is 3. The van der Waals surface area contributed by atoms with E-state index in [4.69, 9.17) is 44.6 Å². The average Bonchev–Trinajstić information content (AvgIpc) is 2.97. The predicted molar refractivity (Wildman–Crippen MR) is 76.9 cm³/mol. The monoisotopic (exact) mass is 352 g/mol. The van der Waals surface area contributed by atoms with Crippen LogP contribution >= 0.6 is 34.8 Å². The second kappa shape index (κ2) is 5.55. The van der Waals surface area contributed by atoms with E-state index in [9.17, 15) is 10.2 Å². The third-order valence-electron chi connectivity index (χ3n) is 3.47. The highest BCUT2D eigenvalue weighted by molar-refractivity contribution is 6.44. The summed E-state index contributed by atoms with van der Waals surface area (Å²) in [7, 11) is 0. The number of aliphatic hydroxyl groups excluding tert-OH is 3. The first-order valence-electron chi connectivity index (χ1n) is 6.09. The van der Waals surface area contributed by atoms with Crippen LogP contribution in [0.4, 0.5) is 0 Å². The predicted octanol–water partition coefficient (Wildman–Crippen LogP) is 1.45. The van der Waals surface area contributed by atoms with Gasteiger partial charge in [-0.25, -0.2) is 4.98 Å². The molecule has 1 aliphatic heterocycles. The number of hydrogen-bond acceptors (Lipinski definition) is 5. The number of nitrogens with zero attached hydrogens (tertiary/aromatic N) is 2. The van der Waals surface area contributed by atoms with Crippen molar-refractivity contribution >= 4 is 40.4 Å². The Morgan fingerprint density at radius 2 is 1.95 bits per heavy atom. The summed E-state index contributed by atoms with van der Waals surface area (Å²) in [5, 5.41) is 29.8. The second-order valence-corrected chi connectivity index (χ2v) is 5.92. The number of aromatic nitrogens is 2. The van der Waals surface area contributed by atoms with Crippen molar-refractivity contribution < 1.29 is 20.1 Å². The first-order chi connectivity index (χ1) is 9.93. The maximum atomic E-state index is 10.1. The Hall–Kier alpha value is -0.600. The summed E-state index contributed by atoms with van der Waals surface area (Å²) in [5.74, 6) is 0. The fourth-order valence-electron chi connectivity index (χ4n) is 2.44. The van der Waals surface area contributed by atoms with Crippen molar-refractivity contribution in [3.05, 3.63) is 33.2 Å². The number of rotatable bonds is 2. The smallest absolute Gasteiger partial charge is 0.159 e. The summed E-state index contributed by atoms with van der Waals surface area (Å²) in [6.45, 7) is -0.413. The molecular formula is C12H11Cl3N2O4. The molecule has 3 N–H and O–H groups in total. The fraction of sp³-hybridized carbons (Fsp3) is 0.417. The van der Waals surface area contributed by atoms with Crippen molar-refractivity contribution in [1.82, 2.24) is 9.38 Å². The van der Waals surface area contributed by atoms with Gasteiger partial charge in [-0.05, 0) is 6.07 Å². The molecule has 1 fully saturated rings. The molecule has 1 saturated heterocycles. The van der Waals surface area contributed by atoms with Gasteiger partial charge in [0.25, 0.3) is 0 Å².